The van der Waals surface area contributed by atoms with E-state index in [-0.39, 0.29) is 13.1 Å². The zero-order valence-electron chi connectivity index (χ0n) is 15.7. The van der Waals surface area contributed by atoms with E-state index in [4.69, 9.17) is 5.48 Å². The first kappa shape index (κ1) is 9.32. The van der Waals surface area contributed by atoms with Gasteiger partial charge in [-0.15, -0.1) is 0 Å². The Labute approximate surface area is 127 Å². The van der Waals surface area contributed by atoms with Crippen LogP contribution in [0.25, 0.3) is 0 Å². The number of benzene rings is 2. The molecular weight excluding hydrogens is 244 g/mol. The Bertz CT molecular complexity index is 618. The molecule has 0 N–H and O–H groups in total. The van der Waals surface area contributed by atoms with Crippen LogP contribution in [0.15, 0.2) is 60.7 Å². The molecule has 0 aliphatic carbocycles. The van der Waals surface area contributed by atoms with E-state index in [0.29, 0.717) is 0 Å². The highest BCUT2D eigenvalue weighted by atomic mass is 15.3. The fraction of sp³-hybridized carbons (Fsp3) is 0.333. The molecule has 2 aromatic carbocycles. The lowest BCUT2D eigenvalue weighted by atomic mass is 9.96. The molecule has 1 aliphatic heterocycles. The van der Waals surface area contributed by atoms with E-state index in [1.165, 1.54) is 4.90 Å². The zero-order chi connectivity index (χ0) is 17.4. The second kappa shape index (κ2) is 6.21. The topological polar surface area (TPSA) is 6.48 Å². The van der Waals surface area contributed by atoms with Gasteiger partial charge in [0.1, 0.15) is 0 Å². The number of nitrogens with zero attached hydrogens (tertiary/aromatic N) is 2. The highest BCUT2D eigenvalue weighted by molar-refractivity contribution is 5.31. The minimum atomic E-state index is -1.78. The van der Waals surface area contributed by atoms with Crippen LogP contribution in [-0.4, -0.2) is 42.9 Å². The van der Waals surface area contributed by atoms with Crippen molar-refractivity contribution in [3.63, 3.8) is 0 Å². The van der Waals surface area contributed by atoms with Crippen molar-refractivity contribution in [3.8, 4) is 0 Å². The molecule has 0 unspecified atom stereocenters. The van der Waals surface area contributed by atoms with E-state index in [2.05, 4.69) is 0 Å². The highest BCUT2D eigenvalue weighted by Gasteiger charge is 2.24. The number of rotatable bonds is 3. The summed E-state index contributed by atoms with van der Waals surface area (Å²) >= 11 is 0. The molecule has 0 atom stereocenters. The molecule has 0 radical (unpaired) electrons. The summed E-state index contributed by atoms with van der Waals surface area (Å²) in [7, 11) is 1.76. The number of hydrogen-bond acceptors (Lipinski definition) is 2. The van der Waals surface area contributed by atoms with Gasteiger partial charge in [0.05, 0.1) is 6.04 Å². The molecule has 0 bridgehead atoms. The van der Waals surface area contributed by atoms with Crippen molar-refractivity contribution in [3.05, 3.63) is 71.8 Å². The lowest BCUT2D eigenvalue weighted by molar-refractivity contribution is 0.127. The van der Waals surface area contributed by atoms with Crippen LogP contribution in [0.1, 0.15) is 22.7 Å². The largest absolute Gasteiger partial charge is 0.304 e. The van der Waals surface area contributed by atoms with Crippen molar-refractivity contribution in [2.24, 2.45) is 0 Å². The third kappa shape index (κ3) is 2.92. The van der Waals surface area contributed by atoms with E-state index >= 15 is 0 Å². The van der Waals surface area contributed by atoms with Crippen molar-refractivity contribution in [1.82, 2.24) is 9.80 Å². The van der Waals surface area contributed by atoms with Gasteiger partial charge in [0.15, 0.2) is 0 Å². The molecular formula is C18H22N2. The van der Waals surface area contributed by atoms with Gasteiger partial charge in [-0.2, -0.15) is 0 Å². The second-order valence-electron chi connectivity index (χ2n) is 5.08. The van der Waals surface area contributed by atoms with Crippen LogP contribution in [0, 0.1) is 0 Å². The quantitative estimate of drug-likeness (QED) is 0.846. The molecule has 1 saturated heterocycles. The molecule has 0 aromatic heterocycles. The predicted molar refractivity (Wildman–Crippen MR) is 83.8 cm³/mol. The Hall–Kier alpha value is -1.64. The van der Waals surface area contributed by atoms with Gasteiger partial charge in [-0.3, -0.25) is 4.90 Å². The van der Waals surface area contributed by atoms with Crippen LogP contribution in [0.2, 0.25) is 0 Å². The van der Waals surface area contributed by atoms with Crippen LogP contribution in [0.4, 0.5) is 0 Å². The monoisotopic (exact) mass is 270 g/mol. The summed E-state index contributed by atoms with van der Waals surface area (Å²) in [6.07, 6.45) is 0. The minimum absolute atomic E-state index is 0.169. The molecule has 104 valence electrons. The van der Waals surface area contributed by atoms with Gasteiger partial charge >= 0.3 is 0 Å². The van der Waals surface area contributed by atoms with Crippen molar-refractivity contribution < 1.29 is 5.48 Å². The Morgan fingerprint density at radius 2 is 1.30 bits per heavy atom. The standard InChI is InChI=1S/C18H22N2/c1-19-12-14-20(15-13-19)18(16-8-4-2-5-9-16)17-10-6-3-7-11-17/h2-11,18H,12-15H2,1H3/i14D2,15D2. The van der Waals surface area contributed by atoms with Crippen molar-refractivity contribution in [2.45, 2.75) is 6.04 Å². The maximum absolute atomic E-state index is 8.51. The average molecular weight is 270 g/mol. The van der Waals surface area contributed by atoms with Crippen LogP contribution < -0.4 is 0 Å². The maximum Gasteiger partial charge on any atom is 0.0602 e. The van der Waals surface area contributed by atoms with Gasteiger partial charge in [0.25, 0.3) is 0 Å². The third-order valence-corrected chi connectivity index (χ3v) is 3.51. The average Bonchev–Trinajstić information content (AvgIpc) is 2.51. The van der Waals surface area contributed by atoms with Crippen LogP contribution in [0.3, 0.4) is 0 Å². The van der Waals surface area contributed by atoms with Crippen LogP contribution in [-0.2, 0) is 0 Å². The first-order valence-electron chi connectivity index (χ1n) is 8.89. The molecule has 3 rings (SSSR count). The minimum Gasteiger partial charge on any atom is -0.304 e. The number of likely N-dealkylation sites (N-methyl/N-ethyl adjacent to an activating group) is 1. The van der Waals surface area contributed by atoms with Gasteiger partial charge in [-0.05, 0) is 18.2 Å². The first-order valence-corrected chi connectivity index (χ1v) is 6.89. The predicted octanol–water partition coefficient (Wildman–Crippen LogP) is 3.02. The van der Waals surface area contributed by atoms with E-state index < -0.39 is 19.0 Å². The molecule has 2 aromatic rings. The summed E-state index contributed by atoms with van der Waals surface area (Å²) in [4.78, 5) is 3.11. The third-order valence-electron chi connectivity index (χ3n) is 3.51. The molecule has 0 saturated carbocycles. The Kier molecular flexibility index (Phi) is 2.89. The van der Waals surface area contributed by atoms with Crippen molar-refractivity contribution in [2.75, 3.05) is 33.1 Å². The maximum atomic E-state index is 8.51. The lowest BCUT2D eigenvalue weighted by Gasteiger charge is -2.38. The van der Waals surface area contributed by atoms with Crippen molar-refractivity contribution >= 4 is 0 Å². The fourth-order valence-electron chi connectivity index (χ4n) is 2.45. The fourth-order valence-corrected chi connectivity index (χ4v) is 2.45. The molecule has 1 aliphatic rings. The van der Waals surface area contributed by atoms with E-state index in [9.17, 15) is 0 Å². The van der Waals surface area contributed by atoms with Gasteiger partial charge in [-0.1, -0.05) is 60.7 Å². The Morgan fingerprint density at radius 3 is 1.75 bits per heavy atom. The molecule has 1 fully saturated rings. The summed E-state index contributed by atoms with van der Waals surface area (Å²) in [5.74, 6) is 0. The summed E-state index contributed by atoms with van der Waals surface area (Å²) < 4.78 is 34.0. The Balaban J connectivity index is 2.14. The highest BCUT2D eigenvalue weighted by Crippen LogP contribution is 2.29. The van der Waals surface area contributed by atoms with E-state index in [0.717, 1.165) is 11.1 Å². The summed E-state index contributed by atoms with van der Waals surface area (Å²) in [6.45, 7) is -3.23. The van der Waals surface area contributed by atoms with E-state index in [1.807, 2.05) is 60.7 Å². The summed E-state index contributed by atoms with van der Waals surface area (Å²) in [6, 6.07) is 18.7. The molecule has 2 nitrogen and oxygen atoms in total. The molecule has 1 heterocycles. The number of hydrogen-bond donors (Lipinski definition) is 0. The smallest absolute Gasteiger partial charge is 0.0602 e. The second-order valence-corrected chi connectivity index (χ2v) is 5.08. The van der Waals surface area contributed by atoms with Gasteiger partial charge in [0, 0.05) is 31.6 Å². The molecule has 2 heteroatoms. The first-order chi connectivity index (χ1) is 11.3. The van der Waals surface area contributed by atoms with Gasteiger partial charge in [-0.25, -0.2) is 0 Å². The van der Waals surface area contributed by atoms with Crippen molar-refractivity contribution in [1.29, 1.82) is 0 Å². The Morgan fingerprint density at radius 1 is 0.850 bits per heavy atom. The summed E-state index contributed by atoms with van der Waals surface area (Å²) in [5, 5.41) is 0. The molecule has 0 amide bonds. The van der Waals surface area contributed by atoms with Crippen LogP contribution >= 0.6 is 0 Å². The normalized spacial score (nSPS) is 25.5. The zero-order valence-corrected chi connectivity index (χ0v) is 11.7. The van der Waals surface area contributed by atoms with Crippen LogP contribution in [0.5, 0.6) is 0 Å². The molecule has 20 heavy (non-hydrogen) atoms. The van der Waals surface area contributed by atoms with E-state index in [1.54, 1.807) is 11.9 Å². The molecule has 0 spiro atoms. The lowest BCUT2D eigenvalue weighted by Crippen LogP contribution is -2.46. The van der Waals surface area contributed by atoms with Gasteiger partial charge in [0.2, 0.25) is 0 Å². The SMILES string of the molecule is [2H]C1([2H])CN(C)CC([2H])([2H])N1C(c1ccccc1)c1ccccc1. The van der Waals surface area contributed by atoms with Gasteiger partial charge < -0.3 is 4.90 Å². The summed E-state index contributed by atoms with van der Waals surface area (Å²) in [5.41, 5.74) is 1.78. The number of piperazine rings is 1.